The third-order valence-corrected chi connectivity index (χ3v) is 4.32. The van der Waals surface area contributed by atoms with Crippen LogP contribution in [0.2, 0.25) is 0 Å². The molecular weight excluding hydrogens is 326 g/mol. The molecular formula is C18H22ClN3O2. The summed E-state index contributed by atoms with van der Waals surface area (Å²) in [7, 11) is 0. The second-order valence-electron chi connectivity index (χ2n) is 6.54. The van der Waals surface area contributed by atoms with Crippen LogP contribution in [0, 0.1) is 5.92 Å². The largest absolute Gasteiger partial charge is 0.440 e. The van der Waals surface area contributed by atoms with E-state index in [1.165, 1.54) is 25.7 Å². The van der Waals surface area contributed by atoms with Crippen molar-refractivity contribution in [1.82, 2.24) is 10.3 Å². The Bertz CT molecular complexity index is 691. The molecule has 2 saturated carbocycles. The standard InChI is InChI=1S/C18H21N3O2.ClH/c22-17(11-19-9-12-1-2-12)21-15-7-5-13(6-8-15)16-10-20-18(23-16)14-3-4-14;/h5-8,10,12,14,19H,1-4,9,11H2,(H,21,22);1H. The van der Waals surface area contributed by atoms with E-state index in [-0.39, 0.29) is 18.3 Å². The summed E-state index contributed by atoms with van der Waals surface area (Å²) in [4.78, 5) is 16.2. The molecule has 0 spiro atoms. The maximum atomic E-state index is 11.9. The molecule has 2 aliphatic carbocycles. The van der Waals surface area contributed by atoms with E-state index in [0.717, 1.165) is 35.4 Å². The van der Waals surface area contributed by atoms with Gasteiger partial charge in [-0.05, 0) is 62.4 Å². The highest BCUT2D eigenvalue weighted by Crippen LogP contribution is 2.40. The van der Waals surface area contributed by atoms with Gasteiger partial charge in [-0.15, -0.1) is 12.4 Å². The predicted molar refractivity (Wildman–Crippen MR) is 95.4 cm³/mol. The zero-order valence-corrected chi connectivity index (χ0v) is 14.3. The van der Waals surface area contributed by atoms with Gasteiger partial charge in [0.1, 0.15) is 0 Å². The van der Waals surface area contributed by atoms with Crippen LogP contribution in [-0.4, -0.2) is 24.0 Å². The van der Waals surface area contributed by atoms with Crippen molar-refractivity contribution in [2.75, 3.05) is 18.4 Å². The molecule has 128 valence electrons. The van der Waals surface area contributed by atoms with Gasteiger partial charge >= 0.3 is 0 Å². The highest BCUT2D eigenvalue weighted by molar-refractivity contribution is 5.92. The molecule has 1 aromatic heterocycles. The highest BCUT2D eigenvalue weighted by Gasteiger charge is 2.28. The second kappa shape index (κ2) is 7.36. The Morgan fingerprint density at radius 1 is 1.17 bits per heavy atom. The Hall–Kier alpha value is -1.85. The first-order valence-electron chi connectivity index (χ1n) is 8.34. The van der Waals surface area contributed by atoms with Crippen LogP contribution < -0.4 is 10.6 Å². The molecule has 2 aliphatic rings. The van der Waals surface area contributed by atoms with Crippen molar-refractivity contribution in [2.45, 2.75) is 31.6 Å². The van der Waals surface area contributed by atoms with Gasteiger partial charge in [0.15, 0.2) is 11.7 Å². The van der Waals surface area contributed by atoms with Crippen LogP contribution in [0.5, 0.6) is 0 Å². The van der Waals surface area contributed by atoms with Crippen molar-refractivity contribution in [2.24, 2.45) is 5.92 Å². The minimum Gasteiger partial charge on any atom is -0.440 e. The predicted octanol–water partition coefficient (Wildman–Crippen LogP) is 3.58. The van der Waals surface area contributed by atoms with Crippen LogP contribution in [0.4, 0.5) is 5.69 Å². The van der Waals surface area contributed by atoms with Crippen molar-refractivity contribution < 1.29 is 9.21 Å². The van der Waals surface area contributed by atoms with Crippen LogP contribution in [0.15, 0.2) is 34.9 Å². The zero-order valence-electron chi connectivity index (χ0n) is 13.5. The molecule has 0 atom stereocenters. The van der Waals surface area contributed by atoms with E-state index in [1.807, 2.05) is 24.3 Å². The number of hydrogen-bond acceptors (Lipinski definition) is 4. The Kier molecular flexibility index (Phi) is 5.21. The summed E-state index contributed by atoms with van der Waals surface area (Å²) in [5.41, 5.74) is 1.78. The molecule has 1 heterocycles. The molecule has 2 N–H and O–H groups in total. The van der Waals surface area contributed by atoms with Gasteiger partial charge in [0.25, 0.3) is 0 Å². The number of nitrogens with zero attached hydrogens (tertiary/aromatic N) is 1. The van der Waals surface area contributed by atoms with E-state index in [9.17, 15) is 4.79 Å². The summed E-state index contributed by atoms with van der Waals surface area (Å²) in [6.45, 7) is 1.31. The topological polar surface area (TPSA) is 67.2 Å². The van der Waals surface area contributed by atoms with Crippen LogP contribution >= 0.6 is 12.4 Å². The number of nitrogens with one attached hydrogen (secondary N) is 2. The Morgan fingerprint density at radius 2 is 1.92 bits per heavy atom. The lowest BCUT2D eigenvalue weighted by Crippen LogP contribution is -2.29. The monoisotopic (exact) mass is 347 g/mol. The van der Waals surface area contributed by atoms with Crippen molar-refractivity contribution in [1.29, 1.82) is 0 Å². The molecule has 0 saturated heterocycles. The first kappa shape index (κ1) is 17.0. The van der Waals surface area contributed by atoms with E-state index in [4.69, 9.17) is 4.42 Å². The molecule has 0 radical (unpaired) electrons. The molecule has 0 unspecified atom stereocenters. The summed E-state index contributed by atoms with van der Waals surface area (Å²) in [6.07, 6.45) is 6.73. The van der Waals surface area contributed by atoms with E-state index in [1.54, 1.807) is 6.20 Å². The van der Waals surface area contributed by atoms with Crippen LogP contribution in [-0.2, 0) is 4.79 Å². The van der Waals surface area contributed by atoms with Crippen LogP contribution in [0.25, 0.3) is 11.3 Å². The van der Waals surface area contributed by atoms with Crippen LogP contribution in [0.3, 0.4) is 0 Å². The third kappa shape index (κ3) is 4.36. The van der Waals surface area contributed by atoms with Gasteiger partial charge in [-0.2, -0.15) is 0 Å². The number of halogens is 1. The Balaban J connectivity index is 0.00000169. The van der Waals surface area contributed by atoms with E-state index in [0.29, 0.717) is 12.5 Å². The van der Waals surface area contributed by atoms with Gasteiger partial charge in [-0.25, -0.2) is 4.98 Å². The first-order valence-corrected chi connectivity index (χ1v) is 8.34. The Morgan fingerprint density at radius 3 is 2.58 bits per heavy atom. The van der Waals surface area contributed by atoms with Gasteiger partial charge in [0.2, 0.25) is 5.91 Å². The minimum absolute atomic E-state index is 0. The minimum atomic E-state index is -0.00548. The maximum absolute atomic E-state index is 11.9. The molecule has 4 rings (SSSR count). The number of amides is 1. The number of rotatable bonds is 7. The molecule has 0 aliphatic heterocycles. The zero-order chi connectivity index (χ0) is 15.6. The molecule has 2 aromatic rings. The summed E-state index contributed by atoms with van der Waals surface area (Å²) in [5.74, 6) is 2.93. The lowest BCUT2D eigenvalue weighted by Gasteiger charge is -2.06. The number of anilines is 1. The quantitative estimate of drug-likeness (QED) is 0.803. The van der Waals surface area contributed by atoms with Crippen molar-refractivity contribution in [3.05, 3.63) is 36.4 Å². The molecule has 6 heteroatoms. The van der Waals surface area contributed by atoms with E-state index >= 15 is 0 Å². The van der Waals surface area contributed by atoms with Gasteiger partial charge in [-0.1, -0.05) is 0 Å². The van der Waals surface area contributed by atoms with Gasteiger partial charge in [-0.3, -0.25) is 4.79 Å². The smallest absolute Gasteiger partial charge is 0.238 e. The average Bonchev–Trinajstić information content (AvgIpc) is 3.49. The lowest BCUT2D eigenvalue weighted by atomic mass is 10.1. The molecule has 2 fully saturated rings. The number of aromatic nitrogens is 1. The summed E-state index contributed by atoms with van der Waals surface area (Å²) in [6, 6.07) is 7.69. The number of carbonyl (C=O) groups excluding carboxylic acids is 1. The van der Waals surface area contributed by atoms with Gasteiger partial charge in [0.05, 0.1) is 12.7 Å². The number of oxazole rings is 1. The summed E-state index contributed by atoms with van der Waals surface area (Å²) >= 11 is 0. The molecule has 0 bridgehead atoms. The number of hydrogen-bond donors (Lipinski definition) is 2. The molecule has 24 heavy (non-hydrogen) atoms. The number of carbonyl (C=O) groups is 1. The lowest BCUT2D eigenvalue weighted by molar-refractivity contribution is -0.115. The summed E-state index contributed by atoms with van der Waals surface area (Å²) in [5, 5.41) is 6.09. The molecule has 5 nitrogen and oxygen atoms in total. The fourth-order valence-corrected chi connectivity index (χ4v) is 2.57. The third-order valence-electron chi connectivity index (χ3n) is 4.32. The van der Waals surface area contributed by atoms with E-state index < -0.39 is 0 Å². The average molecular weight is 348 g/mol. The van der Waals surface area contributed by atoms with Crippen molar-refractivity contribution in [3.63, 3.8) is 0 Å². The summed E-state index contributed by atoms with van der Waals surface area (Å²) < 4.78 is 5.79. The number of benzene rings is 1. The molecule has 1 amide bonds. The fraction of sp³-hybridized carbons (Fsp3) is 0.444. The van der Waals surface area contributed by atoms with Crippen molar-refractivity contribution >= 4 is 24.0 Å². The van der Waals surface area contributed by atoms with E-state index in [2.05, 4.69) is 15.6 Å². The van der Waals surface area contributed by atoms with Gasteiger partial charge < -0.3 is 15.1 Å². The van der Waals surface area contributed by atoms with Crippen molar-refractivity contribution in [3.8, 4) is 11.3 Å². The first-order chi connectivity index (χ1) is 11.3. The van der Waals surface area contributed by atoms with Gasteiger partial charge in [0, 0.05) is 17.2 Å². The fourth-order valence-electron chi connectivity index (χ4n) is 2.57. The normalized spacial score (nSPS) is 16.5. The Labute approximate surface area is 147 Å². The maximum Gasteiger partial charge on any atom is 0.238 e. The van der Waals surface area contributed by atoms with Crippen LogP contribution in [0.1, 0.15) is 37.5 Å². The molecule has 1 aromatic carbocycles. The highest BCUT2D eigenvalue weighted by atomic mass is 35.5. The second-order valence-corrected chi connectivity index (χ2v) is 6.54. The SMILES string of the molecule is Cl.O=C(CNCC1CC1)Nc1ccc(-c2cnc(C3CC3)o2)cc1.